The third-order valence-electron chi connectivity index (χ3n) is 9.78. The number of carbonyl (C=O) groups is 3. The van der Waals surface area contributed by atoms with Crippen LogP contribution in [0.2, 0.25) is 0 Å². The third kappa shape index (κ3) is 6.61. The van der Waals surface area contributed by atoms with E-state index in [0.717, 1.165) is 24.8 Å². The molecule has 3 fully saturated rings. The van der Waals surface area contributed by atoms with E-state index in [0.29, 0.717) is 42.6 Å². The normalized spacial score (nSPS) is 28.8. The summed E-state index contributed by atoms with van der Waals surface area (Å²) in [5.41, 5.74) is -0.0108. The van der Waals surface area contributed by atoms with Crippen LogP contribution in [0.5, 0.6) is 17.6 Å². The molecule has 0 radical (unpaired) electrons. The van der Waals surface area contributed by atoms with Crippen molar-refractivity contribution >= 4 is 38.6 Å². The molecule has 2 heterocycles. The van der Waals surface area contributed by atoms with Gasteiger partial charge in [-0.25, -0.2) is 8.42 Å². The number of sulfonamides is 1. The maximum Gasteiger partial charge on any atom is 0.320 e. The van der Waals surface area contributed by atoms with Crippen LogP contribution >= 0.6 is 0 Å². The van der Waals surface area contributed by atoms with E-state index in [-0.39, 0.29) is 43.0 Å². The molecule has 6 rings (SSSR count). The number of methoxy groups -OCH3 is 1. The SMILES string of the molecule is CCOc1nc(OC2CC3C(=O)NC4(C(=O)NS(=O)(=O)C5CC5)CC4/C=C\CCCCN(C)C(=O)C3C2)c2ccc(OC)c(C)c2n1. The molecule has 2 N–H and O–H groups in total. The van der Waals surface area contributed by atoms with Gasteiger partial charge in [0.2, 0.25) is 27.7 Å². The fraction of sp³-hybridized carbons (Fsp3) is 0.606. The summed E-state index contributed by atoms with van der Waals surface area (Å²) >= 11 is 0. The minimum atomic E-state index is -3.82. The molecule has 0 spiro atoms. The number of ether oxygens (including phenoxy) is 3. The number of aryl methyl sites for hydroxylation is 1. The number of hydrogen-bond acceptors (Lipinski definition) is 10. The van der Waals surface area contributed by atoms with Crippen molar-refractivity contribution in [2.24, 2.45) is 17.8 Å². The van der Waals surface area contributed by atoms with Gasteiger partial charge < -0.3 is 24.4 Å². The van der Waals surface area contributed by atoms with Crippen LogP contribution in [0.4, 0.5) is 0 Å². The molecule has 0 saturated heterocycles. The number of nitrogens with one attached hydrogen (secondary N) is 2. The Bertz CT molecular complexity index is 1710. The molecule has 5 unspecified atom stereocenters. The summed E-state index contributed by atoms with van der Waals surface area (Å²) in [6, 6.07) is 3.75. The van der Waals surface area contributed by atoms with Gasteiger partial charge in [-0.3, -0.25) is 19.1 Å². The van der Waals surface area contributed by atoms with Gasteiger partial charge in [-0.15, -0.1) is 0 Å². The molecule has 254 valence electrons. The molecule has 4 aliphatic rings. The maximum atomic E-state index is 14.1. The lowest BCUT2D eigenvalue weighted by molar-refractivity contribution is -0.140. The number of aromatic nitrogens is 2. The van der Waals surface area contributed by atoms with Crippen LogP contribution in [0.1, 0.15) is 63.9 Å². The smallest absolute Gasteiger partial charge is 0.320 e. The summed E-state index contributed by atoms with van der Waals surface area (Å²) in [4.78, 5) is 52.2. The fourth-order valence-electron chi connectivity index (χ4n) is 6.82. The van der Waals surface area contributed by atoms with Gasteiger partial charge >= 0.3 is 6.01 Å². The van der Waals surface area contributed by atoms with Crippen LogP contribution in [0.25, 0.3) is 10.9 Å². The standard InChI is InChI=1S/C33H43N5O8S/c1-5-45-32-34-27-19(2)26(44-4)14-13-23(27)29(35-32)46-21-16-24-25(17-21)30(40)38(3)15-9-7-6-8-10-20-18-33(20,36-28(24)39)31(41)37-47(42,43)22-11-12-22/h8,10,13-14,20-22,24-25H,5-7,9,11-12,15-18H2,1-4H3,(H,36,39)(H,37,41)/b10-8-. The second-order valence-corrected chi connectivity index (χ2v) is 15.0. The van der Waals surface area contributed by atoms with Gasteiger partial charge in [-0.1, -0.05) is 12.2 Å². The van der Waals surface area contributed by atoms with Crippen LogP contribution in [0, 0.1) is 24.7 Å². The molecule has 3 saturated carbocycles. The van der Waals surface area contributed by atoms with Crippen LogP contribution in [-0.2, 0) is 24.4 Å². The van der Waals surface area contributed by atoms with E-state index < -0.39 is 50.6 Å². The minimum Gasteiger partial charge on any atom is -0.496 e. The van der Waals surface area contributed by atoms with Crippen LogP contribution < -0.4 is 24.2 Å². The maximum absolute atomic E-state index is 14.1. The Labute approximate surface area is 274 Å². The van der Waals surface area contributed by atoms with Gasteiger partial charge in [0, 0.05) is 25.1 Å². The lowest BCUT2D eigenvalue weighted by Gasteiger charge is -2.26. The molecule has 2 aromatic rings. The second-order valence-electron chi connectivity index (χ2n) is 13.1. The first kappa shape index (κ1) is 33.0. The minimum absolute atomic E-state index is 0.137. The molecule has 1 aliphatic heterocycles. The van der Waals surface area contributed by atoms with E-state index in [1.54, 1.807) is 25.1 Å². The molecule has 0 bridgehead atoms. The van der Waals surface area contributed by atoms with Gasteiger partial charge in [0.1, 0.15) is 17.4 Å². The Morgan fingerprint density at radius 3 is 2.64 bits per heavy atom. The lowest BCUT2D eigenvalue weighted by Crippen LogP contribution is -2.54. The monoisotopic (exact) mass is 669 g/mol. The van der Waals surface area contributed by atoms with E-state index in [2.05, 4.69) is 20.0 Å². The van der Waals surface area contributed by atoms with Crippen molar-refractivity contribution in [3.05, 3.63) is 29.8 Å². The summed E-state index contributed by atoms with van der Waals surface area (Å²) in [5.74, 6) is -2.32. The fourth-order valence-corrected chi connectivity index (χ4v) is 8.18. The summed E-state index contributed by atoms with van der Waals surface area (Å²) < 4.78 is 45.2. The van der Waals surface area contributed by atoms with Gasteiger partial charge in [-0.2, -0.15) is 9.97 Å². The first-order chi connectivity index (χ1) is 22.5. The average Bonchev–Trinajstić information content (AvgIpc) is 3.96. The molecule has 3 aliphatic carbocycles. The average molecular weight is 670 g/mol. The predicted octanol–water partition coefficient (Wildman–Crippen LogP) is 2.80. The highest BCUT2D eigenvalue weighted by Crippen LogP contribution is 2.47. The third-order valence-corrected chi connectivity index (χ3v) is 11.6. The molecule has 13 nitrogen and oxygen atoms in total. The summed E-state index contributed by atoms with van der Waals surface area (Å²) in [6.45, 7) is 4.60. The topological polar surface area (TPSA) is 166 Å². The van der Waals surface area contributed by atoms with E-state index in [4.69, 9.17) is 14.2 Å². The summed E-state index contributed by atoms with van der Waals surface area (Å²) in [5, 5.41) is 2.97. The van der Waals surface area contributed by atoms with Gasteiger partial charge in [0.15, 0.2) is 0 Å². The first-order valence-corrected chi connectivity index (χ1v) is 18.0. The molecule has 14 heteroatoms. The molecule has 1 aromatic heterocycles. The number of carbonyl (C=O) groups excluding carboxylic acids is 3. The molecule has 47 heavy (non-hydrogen) atoms. The van der Waals surface area contributed by atoms with Crippen molar-refractivity contribution in [1.82, 2.24) is 24.9 Å². The lowest BCUT2D eigenvalue weighted by atomic mass is 9.93. The molecule has 1 aromatic carbocycles. The van der Waals surface area contributed by atoms with Gasteiger partial charge in [-0.05, 0) is 77.3 Å². The molecular weight excluding hydrogens is 626 g/mol. The number of nitrogens with zero attached hydrogens (tertiary/aromatic N) is 3. The van der Waals surface area contributed by atoms with Crippen molar-refractivity contribution in [2.75, 3.05) is 27.3 Å². The highest BCUT2D eigenvalue weighted by molar-refractivity contribution is 7.91. The second kappa shape index (κ2) is 12.9. The molecule has 3 amide bonds. The van der Waals surface area contributed by atoms with Crippen molar-refractivity contribution < 1.29 is 37.0 Å². The van der Waals surface area contributed by atoms with Crippen molar-refractivity contribution in [3.8, 4) is 17.6 Å². The number of benzene rings is 1. The van der Waals surface area contributed by atoms with E-state index in [9.17, 15) is 22.8 Å². The molecular formula is C33H43N5O8S. The van der Waals surface area contributed by atoms with Crippen LogP contribution in [0.15, 0.2) is 24.3 Å². The van der Waals surface area contributed by atoms with E-state index >= 15 is 0 Å². The van der Waals surface area contributed by atoms with Gasteiger partial charge in [0.25, 0.3) is 5.91 Å². The Hall–Kier alpha value is -3.94. The van der Waals surface area contributed by atoms with E-state index in [1.165, 1.54) is 0 Å². The Morgan fingerprint density at radius 2 is 1.91 bits per heavy atom. The number of hydrogen-bond donors (Lipinski definition) is 2. The summed E-state index contributed by atoms with van der Waals surface area (Å²) in [7, 11) is -0.500. The Kier molecular flexibility index (Phi) is 9.07. The van der Waals surface area contributed by atoms with Crippen molar-refractivity contribution in [3.63, 3.8) is 0 Å². The van der Waals surface area contributed by atoms with Gasteiger partial charge in [0.05, 0.1) is 41.7 Å². The summed E-state index contributed by atoms with van der Waals surface area (Å²) in [6.07, 6.45) is 7.41. The number of fused-ring (bicyclic) bond motifs is 3. The zero-order valence-corrected chi connectivity index (χ0v) is 28.1. The zero-order chi connectivity index (χ0) is 33.5. The first-order valence-electron chi connectivity index (χ1n) is 16.4. The predicted molar refractivity (Wildman–Crippen MR) is 172 cm³/mol. The zero-order valence-electron chi connectivity index (χ0n) is 27.3. The highest BCUT2D eigenvalue weighted by atomic mass is 32.2. The van der Waals surface area contributed by atoms with E-state index in [1.807, 2.05) is 32.1 Å². The van der Waals surface area contributed by atoms with Crippen LogP contribution in [0.3, 0.4) is 0 Å². The quantitative estimate of drug-likeness (QED) is 0.399. The number of amides is 3. The van der Waals surface area contributed by atoms with Crippen molar-refractivity contribution in [2.45, 2.75) is 82.1 Å². The Balaban J connectivity index is 1.30. The Morgan fingerprint density at radius 1 is 1.15 bits per heavy atom. The van der Waals surface area contributed by atoms with Crippen LogP contribution in [-0.4, -0.2) is 85.2 Å². The molecule has 5 atom stereocenters. The largest absolute Gasteiger partial charge is 0.496 e. The highest BCUT2D eigenvalue weighted by Gasteiger charge is 2.62. The van der Waals surface area contributed by atoms with Crippen molar-refractivity contribution in [1.29, 1.82) is 0 Å². The number of rotatable bonds is 8. The number of allylic oxidation sites excluding steroid dienone is 1.